The molecule has 1 aliphatic heterocycles. The molecule has 1 fully saturated rings. The van der Waals surface area contributed by atoms with Gasteiger partial charge in [-0.1, -0.05) is 0 Å². The van der Waals surface area contributed by atoms with Crippen molar-refractivity contribution >= 4 is 17.2 Å². The molecule has 110 valence electrons. The molecule has 1 saturated heterocycles. The Bertz CT molecular complexity index is 605. The molecule has 0 unspecified atom stereocenters. The van der Waals surface area contributed by atoms with E-state index in [1.165, 1.54) is 0 Å². The summed E-state index contributed by atoms with van der Waals surface area (Å²) in [5.74, 6) is 0.172. The van der Waals surface area contributed by atoms with E-state index in [4.69, 9.17) is 0 Å². The Morgan fingerprint density at radius 1 is 1.33 bits per heavy atom. The number of piperazine rings is 1. The predicted molar refractivity (Wildman–Crippen MR) is 83.1 cm³/mol. The number of rotatable bonds is 3. The average molecular weight is 302 g/mol. The summed E-state index contributed by atoms with van der Waals surface area (Å²) >= 11 is 1.56. The van der Waals surface area contributed by atoms with Crippen molar-refractivity contribution in [2.45, 2.75) is 6.42 Å². The van der Waals surface area contributed by atoms with Crippen LogP contribution in [0, 0.1) is 0 Å². The molecule has 0 aliphatic carbocycles. The summed E-state index contributed by atoms with van der Waals surface area (Å²) in [5, 5.41) is 2.89. The maximum absolute atomic E-state index is 12.3. The van der Waals surface area contributed by atoms with Crippen LogP contribution >= 0.6 is 11.3 Å². The lowest BCUT2D eigenvalue weighted by atomic mass is 10.2. The molecule has 0 spiro atoms. The van der Waals surface area contributed by atoms with Crippen molar-refractivity contribution in [3.05, 3.63) is 35.6 Å². The van der Waals surface area contributed by atoms with Gasteiger partial charge in [0.1, 0.15) is 5.01 Å². The van der Waals surface area contributed by atoms with E-state index < -0.39 is 0 Å². The van der Waals surface area contributed by atoms with Crippen molar-refractivity contribution in [1.82, 2.24) is 19.8 Å². The lowest BCUT2D eigenvalue weighted by molar-refractivity contribution is -0.132. The van der Waals surface area contributed by atoms with Gasteiger partial charge >= 0.3 is 0 Å². The van der Waals surface area contributed by atoms with Crippen LogP contribution in [0.15, 0.2) is 29.9 Å². The number of pyridine rings is 1. The largest absolute Gasteiger partial charge is 0.340 e. The standard InChI is InChI=1S/C15H18N4OS/c1-18-5-7-19(8-6-18)14(20)9-13-11-21-15(17-13)12-3-2-4-16-10-12/h2-4,10-11H,5-9H2,1H3. The van der Waals surface area contributed by atoms with Gasteiger partial charge in [0.25, 0.3) is 0 Å². The van der Waals surface area contributed by atoms with Gasteiger partial charge in [-0.15, -0.1) is 11.3 Å². The Kier molecular flexibility index (Phi) is 4.26. The molecule has 6 heteroatoms. The van der Waals surface area contributed by atoms with E-state index in [1.807, 2.05) is 22.4 Å². The Labute approximate surface area is 128 Å². The van der Waals surface area contributed by atoms with Gasteiger partial charge in [-0.2, -0.15) is 0 Å². The number of nitrogens with zero attached hydrogens (tertiary/aromatic N) is 4. The van der Waals surface area contributed by atoms with Gasteiger partial charge in [0.05, 0.1) is 12.1 Å². The number of carbonyl (C=O) groups is 1. The SMILES string of the molecule is CN1CCN(C(=O)Cc2csc(-c3cccnc3)n2)CC1. The third-order valence-corrected chi connectivity index (χ3v) is 4.59. The minimum Gasteiger partial charge on any atom is -0.340 e. The van der Waals surface area contributed by atoms with Crippen molar-refractivity contribution in [3.63, 3.8) is 0 Å². The van der Waals surface area contributed by atoms with Gasteiger partial charge in [0, 0.05) is 49.5 Å². The number of aromatic nitrogens is 2. The lowest BCUT2D eigenvalue weighted by Gasteiger charge is -2.32. The summed E-state index contributed by atoms with van der Waals surface area (Å²) in [5.41, 5.74) is 1.85. The Balaban J connectivity index is 1.63. The van der Waals surface area contributed by atoms with Crippen LogP contribution in [0.25, 0.3) is 10.6 Å². The minimum absolute atomic E-state index is 0.172. The topological polar surface area (TPSA) is 49.3 Å². The van der Waals surface area contributed by atoms with Gasteiger partial charge in [-0.3, -0.25) is 9.78 Å². The molecule has 0 aromatic carbocycles. The normalized spacial score (nSPS) is 16.1. The molecule has 21 heavy (non-hydrogen) atoms. The first kappa shape index (κ1) is 14.2. The van der Waals surface area contributed by atoms with Gasteiger partial charge in [-0.05, 0) is 19.2 Å². The number of likely N-dealkylation sites (N-methyl/N-ethyl adjacent to an activating group) is 1. The van der Waals surface area contributed by atoms with E-state index in [9.17, 15) is 4.79 Å². The van der Waals surface area contributed by atoms with Gasteiger partial charge in [0.2, 0.25) is 5.91 Å². The average Bonchev–Trinajstić information content (AvgIpc) is 2.97. The molecule has 0 saturated carbocycles. The highest BCUT2D eigenvalue weighted by molar-refractivity contribution is 7.13. The molecular weight excluding hydrogens is 284 g/mol. The first-order valence-corrected chi connectivity index (χ1v) is 7.91. The Morgan fingerprint density at radius 2 is 2.14 bits per heavy atom. The van der Waals surface area contributed by atoms with Crippen LogP contribution in [-0.2, 0) is 11.2 Å². The van der Waals surface area contributed by atoms with Crippen LogP contribution in [0.2, 0.25) is 0 Å². The van der Waals surface area contributed by atoms with Crippen molar-refractivity contribution in [2.75, 3.05) is 33.2 Å². The molecule has 0 bridgehead atoms. The van der Waals surface area contributed by atoms with Crippen LogP contribution in [0.3, 0.4) is 0 Å². The summed E-state index contributed by atoms with van der Waals surface area (Å²) < 4.78 is 0. The van der Waals surface area contributed by atoms with Crippen LogP contribution < -0.4 is 0 Å². The number of amides is 1. The zero-order valence-electron chi connectivity index (χ0n) is 12.0. The van der Waals surface area contributed by atoms with E-state index in [0.29, 0.717) is 6.42 Å². The maximum atomic E-state index is 12.3. The molecule has 1 amide bonds. The molecule has 0 atom stereocenters. The molecular formula is C15H18N4OS. The highest BCUT2D eigenvalue weighted by atomic mass is 32.1. The van der Waals surface area contributed by atoms with Crippen LogP contribution in [0.4, 0.5) is 0 Å². The van der Waals surface area contributed by atoms with Crippen LogP contribution in [0.1, 0.15) is 5.69 Å². The Morgan fingerprint density at radius 3 is 2.86 bits per heavy atom. The molecule has 2 aromatic rings. The monoisotopic (exact) mass is 302 g/mol. The smallest absolute Gasteiger partial charge is 0.228 e. The molecule has 1 aliphatic rings. The van der Waals surface area contributed by atoms with E-state index in [2.05, 4.69) is 21.9 Å². The molecule has 0 radical (unpaired) electrons. The second-order valence-corrected chi connectivity index (χ2v) is 6.10. The maximum Gasteiger partial charge on any atom is 0.228 e. The van der Waals surface area contributed by atoms with Crippen LogP contribution in [-0.4, -0.2) is 58.9 Å². The third kappa shape index (κ3) is 3.46. The fraction of sp³-hybridized carbons (Fsp3) is 0.400. The summed E-state index contributed by atoms with van der Waals surface area (Å²) in [7, 11) is 2.09. The van der Waals surface area contributed by atoms with E-state index in [0.717, 1.165) is 42.4 Å². The minimum atomic E-state index is 0.172. The number of carbonyl (C=O) groups excluding carboxylic acids is 1. The molecule has 3 heterocycles. The van der Waals surface area contributed by atoms with Crippen molar-refractivity contribution in [1.29, 1.82) is 0 Å². The fourth-order valence-electron chi connectivity index (χ4n) is 2.33. The Hall–Kier alpha value is -1.79. The number of thiazole rings is 1. The first-order valence-electron chi connectivity index (χ1n) is 7.03. The van der Waals surface area contributed by atoms with E-state index >= 15 is 0 Å². The van der Waals surface area contributed by atoms with Gasteiger partial charge in [0.15, 0.2) is 0 Å². The summed E-state index contributed by atoms with van der Waals surface area (Å²) in [6.07, 6.45) is 3.93. The third-order valence-electron chi connectivity index (χ3n) is 3.65. The van der Waals surface area contributed by atoms with Crippen molar-refractivity contribution < 1.29 is 4.79 Å². The van der Waals surface area contributed by atoms with E-state index in [-0.39, 0.29) is 5.91 Å². The highest BCUT2D eigenvalue weighted by Crippen LogP contribution is 2.23. The molecule has 5 nitrogen and oxygen atoms in total. The molecule has 2 aromatic heterocycles. The second-order valence-electron chi connectivity index (χ2n) is 5.25. The van der Waals surface area contributed by atoms with Gasteiger partial charge in [-0.25, -0.2) is 4.98 Å². The first-order chi connectivity index (χ1) is 10.2. The molecule has 0 N–H and O–H groups in total. The fourth-order valence-corrected chi connectivity index (χ4v) is 3.14. The predicted octanol–water partition coefficient (Wildman–Crippen LogP) is 1.52. The number of hydrogen-bond donors (Lipinski definition) is 0. The quantitative estimate of drug-likeness (QED) is 0.862. The summed E-state index contributed by atoms with van der Waals surface area (Å²) in [6, 6.07) is 3.88. The van der Waals surface area contributed by atoms with Crippen LogP contribution in [0.5, 0.6) is 0 Å². The second kappa shape index (κ2) is 6.32. The van der Waals surface area contributed by atoms with Gasteiger partial charge < -0.3 is 9.80 Å². The van der Waals surface area contributed by atoms with Crippen molar-refractivity contribution in [3.8, 4) is 10.6 Å². The molecule has 3 rings (SSSR count). The highest BCUT2D eigenvalue weighted by Gasteiger charge is 2.20. The van der Waals surface area contributed by atoms with E-state index in [1.54, 1.807) is 23.7 Å². The zero-order valence-corrected chi connectivity index (χ0v) is 12.8. The summed E-state index contributed by atoms with van der Waals surface area (Å²) in [6.45, 7) is 3.53. The van der Waals surface area contributed by atoms with Crippen molar-refractivity contribution in [2.24, 2.45) is 0 Å². The zero-order chi connectivity index (χ0) is 14.7. The number of hydrogen-bond acceptors (Lipinski definition) is 5. The lowest BCUT2D eigenvalue weighted by Crippen LogP contribution is -2.47. The summed E-state index contributed by atoms with van der Waals surface area (Å²) in [4.78, 5) is 25.1.